The molecular formula is C10H16O. The topological polar surface area (TPSA) is 9.23 Å². The summed E-state index contributed by atoms with van der Waals surface area (Å²) in [5.41, 5.74) is 2.22. The first-order valence-electron chi connectivity index (χ1n) is 3.62. The molecule has 0 aromatic carbocycles. The second-order valence-corrected chi connectivity index (χ2v) is 2.69. The van der Waals surface area contributed by atoms with E-state index in [4.69, 9.17) is 4.74 Å². The summed E-state index contributed by atoms with van der Waals surface area (Å²) in [7, 11) is 1.67. The van der Waals surface area contributed by atoms with E-state index in [9.17, 15) is 0 Å². The lowest BCUT2D eigenvalue weighted by molar-refractivity contribution is 0.293. The van der Waals surface area contributed by atoms with Crippen LogP contribution in [-0.2, 0) is 4.74 Å². The average molecular weight is 152 g/mol. The minimum atomic E-state index is 0.917. The van der Waals surface area contributed by atoms with E-state index in [1.54, 1.807) is 7.11 Å². The van der Waals surface area contributed by atoms with E-state index < -0.39 is 0 Å². The van der Waals surface area contributed by atoms with Crippen LogP contribution in [0.25, 0.3) is 0 Å². The maximum atomic E-state index is 4.99. The molecule has 0 fully saturated rings. The highest BCUT2D eigenvalue weighted by Gasteiger charge is 1.86. The van der Waals surface area contributed by atoms with Gasteiger partial charge in [0.25, 0.3) is 0 Å². The molecule has 0 radical (unpaired) electrons. The van der Waals surface area contributed by atoms with E-state index in [0.717, 1.165) is 16.9 Å². The molecule has 0 saturated carbocycles. The fraction of sp³-hybridized carbons (Fsp3) is 0.400. The van der Waals surface area contributed by atoms with Gasteiger partial charge in [-0.3, -0.25) is 0 Å². The van der Waals surface area contributed by atoms with Crippen LogP contribution in [0.5, 0.6) is 0 Å². The third-order valence-electron chi connectivity index (χ3n) is 1.23. The largest absolute Gasteiger partial charge is 0.501 e. The van der Waals surface area contributed by atoms with Crippen molar-refractivity contribution in [2.24, 2.45) is 0 Å². The molecule has 1 heteroatoms. The summed E-state index contributed by atoms with van der Waals surface area (Å²) < 4.78 is 4.99. The molecule has 0 saturated heterocycles. The number of hydrogen-bond donors (Lipinski definition) is 0. The van der Waals surface area contributed by atoms with Gasteiger partial charge in [-0.1, -0.05) is 18.2 Å². The smallest absolute Gasteiger partial charge is 0.0927 e. The third-order valence-corrected chi connectivity index (χ3v) is 1.23. The fourth-order valence-corrected chi connectivity index (χ4v) is 0.810. The van der Waals surface area contributed by atoms with Crippen LogP contribution in [0.2, 0.25) is 0 Å². The Morgan fingerprint density at radius 1 is 1.18 bits per heavy atom. The van der Waals surface area contributed by atoms with Gasteiger partial charge in [-0.2, -0.15) is 0 Å². The van der Waals surface area contributed by atoms with Crippen LogP contribution in [0.15, 0.2) is 35.6 Å². The number of rotatable bonds is 3. The van der Waals surface area contributed by atoms with Gasteiger partial charge in [-0.25, -0.2) is 0 Å². The van der Waals surface area contributed by atoms with Gasteiger partial charge in [0.05, 0.1) is 12.9 Å². The van der Waals surface area contributed by atoms with Crippen molar-refractivity contribution >= 4 is 0 Å². The lowest BCUT2D eigenvalue weighted by Crippen LogP contribution is -1.80. The second-order valence-electron chi connectivity index (χ2n) is 2.69. The van der Waals surface area contributed by atoms with Crippen LogP contribution in [0, 0.1) is 0 Å². The Bertz CT molecular complexity index is 197. The summed E-state index contributed by atoms with van der Waals surface area (Å²) in [5.74, 6) is 0.917. The lowest BCUT2D eigenvalue weighted by atomic mass is 10.2. The maximum Gasteiger partial charge on any atom is 0.0927 e. The van der Waals surface area contributed by atoms with Crippen molar-refractivity contribution in [1.82, 2.24) is 0 Å². The highest BCUT2D eigenvalue weighted by molar-refractivity contribution is 5.26. The maximum absolute atomic E-state index is 4.99. The Balaban J connectivity index is 4.26. The van der Waals surface area contributed by atoms with Crippen LogP contribution in [0.3, 0.4) is 0 Å². The van der Waals surface area contributed by atoms with Crippen molar-refractivity contribution < 1.29 is 4.74 Å². The molecule has 0 aromatic rings. The first-order valence-corrected chi connectivity index (χ1v) is 3.62. The van der Waals surface area contributed by atoms with Crippen molar-refractivity contribution in [3.8, 4) is 0 Å². The molecule has 1 nitrogen and oxygen atoms in total. The Kier molecular flexibility index (Phi) is 4.35. The normalized spacial score (nSPS) is 13.1. The van der Waals surface area contributed by atoms with Gasteiger partial charge >= 0.3 is 0 Å². The molecule has 0 heterocycles. The van der Waals surface area contributed by atoms with Crippen molar-refractivity contribution in [3.05, 3.63) is 35.6 Å². The van der Waals surface area contributed by atoms with E-state index in [1.807, 2.05) is 32.9 Å². The first-order chi connectivity index (χ1) is 5.06. The predicted molar refractivity (Wildman–Crippen MR) is 49.3 cm³/mol. The van der Waals surface area contributed by atoms with Gasteiger partial charge < -0.3 is 4.74 Å². The fourth-order valence-electron chi connectivity index (χ4n) is 0.810. The van der Waals surface area contributed by atoms with E-state index in [0.29, 0.717) is 0 Å². The lowest BCUT2D eigenvalue weighted by Gasteiger charge is -1.98. The summed E-state index contributed by atoms with van der Waals surface area (Å²) in [6.45, 7) is 9.70. The minimum Gasteiger partial charge on any atom is -0.501 e. The zero-order chi connectivity index (χ0) is 8.85. The molecule has 0 aliphatic rings. The summed E-state index contributed by atoms with van der Waals surface area (Å²) in [5, 5.41) is 0. The first kappa shape index (κ1) is 10.0. The number of methoxy groups -OCH3 is 1. The summed E-state index contributed by atoms with van der Waals surface area (Å²) in [6, 6.07) is 0. The van der Waals surface area contributed by atoms with Crippen LogP contribution in [-0.4, -0.2) is 7.11 Å². The van der Waals surface area contributed by atoms with E-state index in [1.165, 1.54) is 0 Å². The number of hydrogen-bond acceptors (Lipinski definition) is 1. The molecule has 0 atom stereocenters. The van der Waals surface area contributed by atoms with Gasteiger partial charge in [-0.15, -0.1) is 0 Å². The van der Waals surface area contributed by atoms with Crippen LogP contribution in [0.1, 0.15) is 20.8 Å². The molecule has 0 N–H and O–H groups in total. The SMILES string of the molecule is C=C(C)/C=C(C)\C=C(/C)OC. The zero-order valence-electron chi connectivity index (χ0n) is 7.77. The highest BCUT2D eigenvalue weighted by atomic mass is 16.5. The standard InChI is InChI=1S/C10H16O/c1-8(2)6-9(3)7-10(4)11-5/h6-7H,1H2,2-5H3/b9-6-,10-7+. The number of ether oxygens (including phenoxy) is 1. The number of allylic oxidation sites excluding steroid dienone is 5. The third kappa shape index (κ3) is 5.46. The Morgan fingerprint density at radius 3 is 2.09 bits per heavy atom. The predicted octanol–water partition coefficient (Wildman–Crippen LogP) is 3.06. The van der Waals surface area contributed by atoms with Gasteiger partial charge in [0.2, 0.25) is 0 Å². The molecule has 0 aliphatic carbocycles. The molecule has 0 bridgehead atoms. The van der Waals surface area contributed by atoms with Crippen molar-refractivity contribution in [2.45, 2.75) is 20.8 Å². The Morgan fingerprint density at radius 2 is 1.73 bits per heavy atom. The molecule has 0 unspecified atom stereocenters. The Labute approximate surface area is 69.1 Å². The summed E-state index contributed by atoms with van der Waals surface area (Å²) >= 11 is 0. The van der Waals surface area contributed by atoms with Gasteiger partial charge in [0, 0.05) is 0 Å². The van der Waals surface area contributed by atoms with Gasteiger partial charge in [0.15, 0.2) is 0 Å². The molecule has 0 rings (SSSR count). The second kappa shape index (κ2) is 4.78. The quantitative estimate of drug-likeness (QED) is 0.446. The van der Waals surface area contributed by atoms with Crippen LogP contribution >= 0.6 is 0 Å². The van der Waals surface area contributed by atoms with E-state index in [-0.39, 0.29) is 0 Å². The van der Waals surface area contributed by atoms with Crippen LogP contribution in [0.4, 0.5) is 0 Å². The summed E-state index contributed by atoms with van der Waals surface area (Å²) in [6.07, 6.45) is 4.00. The summed E-state index contributed by atoms with van der Waals surface area (Å²) in [4.78, 5) is 0. The highest BCUT2D eigenvalue weighted by Crippen LogP contribution is 2.04. The van der Waals surface area contributed by atoms with Crippen molar-refractivity contribution in [2.75, 3.05) is 7.11 Å². The molecule has 0 amide bonds. The van der Waals surface area contributed by atoms with E-state index >= 15 is 0 Å². The zero-order valence-corrected chi connectivity index (χ0v) is 7.77. The monoisotopic (exact) mass is 152 g/mol. The van der Waals surface area contributed by atoms with Crippen molar-refractivity contribution in [1.29, 1.82) is 0 Å². The molecular weight excluding hydrogens is 136 g/mol. The van der Waals surface area contributed by atoms with E-state index in [2.05, 4.69) is 6.58 Å². The van der Waals surface area contributed by atoms with Gasteiger partial charge in [0.1, 0.15) is 0 Å². The molecule has 0 spiro atoms. The van der Waals surface area contributed by atoms with Gasteiger partial charge in [-0.05, 0) is 32.4 Å². The molecule has 11 heavy (non-hydrogen) atoms. The minimum absolute atomic E-state index is 0.917. The molecule has 0 aliphatic heterocycles. The average Bonchev–Trinajstić information content (AvgIpc) is 1.85. The van der Waals surface area contributed by atoms with Crippen molar-refractivity contribution in [3.63, 3.8) is 0 Å². The molecule has 62 valence electrons. The Hall–Kier alpha value is -0.980. The van der Waals surface area contributed by atoms with Crippen LogP contribution < -0.4 is 0 Å². The molecule has 0 aromatic heterocycles.